The molecular formula is C19H18F2N4O2S. The third-order valence-electron chi connectivity index (χ3n) is 4.55. The molecule has 0 atom stereocenters. The van der Waals surface area contributed by atoms with Gasteiger partial charge in [0.05, 0.1) is 18.5 Å². The number of hydrogen-bond acceptors (Lipinski definition) is 5. The van der Waals surface area contributed by atoms with Crippen LogP contribution in [0.1, 0.15) is 23.4 Å². The summed E-state index contributed by atoms with van der Waals surface area (Å²) in [4.78, 5) is 17.9. The van der Waals surface area contributed by atoms with Gasteiger partial charge in [0.25, 0.3) is 0 Å². The van der Waals surface area contributed by atoms with Gasteiger partial charge in [-0.2, -0.15) is 5.10 Å². The van der Waals surface area contributed by atoms with Crippen molar-refractivity contribution in [2.24, 2.45) is 7.05 Å². The van der Waals surface area contributed by atoms with Gasteiger partial charge in [-0.3, -0.25) is 9.48 Å². The van der Waals surface area contributed by atoms with Gasteiger partial charge in [-0.05, 0) is 31.4 Å². The lowest BCUT2D eigenvalue weighted by molar-refractivity contribution is -0.116. The van der Waals surface area contributed by atoms with E-state index in [-0.39, 0.29) is 24.7 Å². The third-order valence-corrected chi connectivity index (χ3v) is 5.58. The van der Waals surface area contributed by atoms with Gasteiger partial charge in [-0.25, -0.2) is 13.8 Å². The molecule has 3 aromatic rings. The number of rotatable bonds is 6. The molecule has 0 bridgehead atoms. The van der Waals surface area contributed by atoms with E-state index in [1.807, 2.05) is 17.9 Å². The fourth-order valence-electron chi connectivity index (χ4n) is 3.16. The van der Waals surface area contributed by atoms with E-state index in [1.54, 1.807) is 0 Å². The molecule has 0 saturated carbocycles. The maximum absolute atomic E-state index is 13.5. The van der Waals surface area contributed by atoms with Crippen molar-refractivity contribution in [3.8, 4) is 17.0 Å². The van der Waals surface area contributed by atoms with Crippen LogP contribution >= 0.6 is 11.3 Å². The second kappa shape index (κ2) is 7.67. The zero-order chi connectivity index (χ0) is 19.7. The minimum absolute atomic E-state index is 0.0262. The van der Waals surface area contributed by atoms with Crippen molar-refractivity contribution < 1.29 is 18.3 Å². The molecule has 0 fully saturated rings. The summed E-state index contributed by atoms with van der Waals surface area (Å²) in [6, 6.07) is 3.13. The second-order valence-electron chi connectivity index (χ2n) is 6.49. The van der Waals surface area contributed by atoms with E-state index in [0.29, 0.717) is 11.6 Å². The summed E-state index contributed by atoms with van der Waals surface area (Å²) in [5.41, 5.74) is 3.07. The maximum atomic E-state index is 13.5. The molecule has 4 rings (SSSR count). The second-order valence-corrected chi connectivity index (χ2v) is 7.58. The Hall–Kier alpha value is -2.81. The van der Waals surface area contributed by atoms with E-state index in [2.05, 4.69) is 15.4 Å². The Kier molecular flexibility index (Phi) is 5.08. The quantitative estimate of drug-likeness (QED) is 0.636. The third kappa shape index (κ3) is 3.75. The molecule has 28 heavy (non-hydrogen) atoms. The number of hydrogen-bond donors (Lipinski definition) is 1. The monoisotopic (exact) mass is 404 g/mol. The number of benzene rings is 1. The van der Waals surface area contributed by atoms with Crippen molar-refractivity contribution in [3.63, 3.8) is 0 Å². The van der Waals surface area contributed by atoms with Crippen LogP contribution in [-0.2, 0) is 24.7 Å². The van der Waals surface area contributed by atoms with Gasteiger partial charge in [-0.15, -0.1) is 11.3 Å². The first kappa shape index (κ1) is 18.5. The predicted molar refractivity (Wildman–Crippen MR) is 101 cm³/mol. The minimum Gasteiger partial charge on any atom is -0.491 e. The van der Waals surface area contributed by atoms with E-state index in [1.165, 1.54) is 17.4 Å². The lowest BCUT2D eigenvalue weighted by Gasteiger charge is -2.10. The Morgan fingerprint density at radius 2 is 2.21 bits per heavy atom. The van der Waals surface area contributed by atoms with Crippen LogP contribution in [-0.4, -0.2) is 27.3 Å². The van der Waals surface area contributed by atoms with Crippen molar-refractivity contribution in [3.05, 3.63) is 46.6 Å². The van der Waals surface area contributed by atoms with Gasteiger partial charge in [0, 0.05) is 35.7 Å². The number of nitrogens with zero attached hydrogens (tertiary/aromatic N) is 3. The molecule has 2 heterocycles. The van der Waals surface area contributed by atoms with Crippen LogP contribution in [0.3, 0.4) is 0 Å². The number of carbonyl (C=O) groups is 1. The average Bonchev–Trinajstić information content (AvgIpc) is 3.23. The van der Waals surface area contributed by atoms with Crippen LogP contribution in [0.25, 0.3) is 11.3 Å². The van der Waals surface area contributed by atoms with Gasteiger partial charge in [-0.1, -0.05) is 0 Å². The lowest BCUT2D eigenvalue weighted by Crippen LogP contribution is -2.12. The summed E-state index contributed by atoms with van der Waals surface area (Å²) in [6.45, 7) is 0.156. The summed E-state index contributed by atoms with van der Waals surface area (Å²) >= 11 is 1.48. The maximum Gasteiger partial charge on any atom is 0.226 e. The highest BCUT2D eigenvalue weighted by Gasteiger charge is 2.24. The number of amides is 1. The summed E-state index contributed by atoms with van der Waals surface area (Å²) < 4.78 is 33.5. The Balaban J connectivity index is 1.30. The van der Waals surface area contributed by atoms with Crippen LogP contribution in [0.15, 0.2) is 24.4 Å². The van der Waals surface area contributed by atoms with Gasteiger partial charge in [0.1, 0.15) is 5.82 Å². The van der Waals surface area contributed by atoms with Gasteiger partial charge in [0.2, 0.25) is 5.91 Å². The molecule has 9 heteroatoms. The first-order valence-electron chi connectivity index (χ1n) is 8.90. The summed E-state index contributed by atoms with van der Waals surface area (Å²) in [5.74, 6) is -1.62. The number of thiazole rings is 1. The van der Waals surface area contributed by atoms with E-state index in [4.69, 9.17) is 4.74 Å². The van der Waals surface area contributed by atoms with E-state index < -0.39 is 11.6 Å². The highest BCUT2D eigenvalue weighted by Crippen LogP contribution is 2.37. The normalized spacial score (nSPS) is 12.4. The first-order valence-corrected chi connectivity index (χ1v) is 9.71. The average molecular weight is 404 g/mol. The van der Waals surface area contributed by atoms with Crippen molar-refractivity contribution in [1.29, 1.82) is 0 Å². The van der Waals surface area contributed by atoms with Crippen molar-refractivity contribution in [1.82, 2.24) is 14.8 Å². The molecule has 1 aliphatic carbocycles. The molecule has 0 saturated heterocycles. The minimum atomic E-state index is -0.757. The predicted octanol–water partition coefficient (Wildman–Crippen LogP) is 3.72. The first-order chi connectivity index (χ1) is 13.5. The number of nitrogens with one attached hydrogen (secondary N) is 1. The van der Waals surface area contributed by atoms with Crippen LogP contribution in [0, 0.1) is 11.6 Å². The Morgan fingerprint density at radius 3 is 3.04 bits per heavy atom. The summed E-state index contributed by atoms with van der Waals surface area (Å²) in [6.07, 6.45) is 4.22. The van der Waals surface area contributed by atoms with E-state index in [0.717, 1.165) is 46.8 Å². The Labute approximate surface area is 164 Å². The highest BCUT2D eigenvalue weighted by molar-refractivity contribution is 7.16. The molecule has 0 radical (unpaired) electrons. The van der Waals surface area contributed by atoms with Crippen molar-refractivity contribution in [2.45, 2.75) is 25.7 Å². The molecule has 2 aromatic heterocycles. The lowest BCUT2D eigenvalue weighted by atomic mass is 10.0. The fraction of sp³-hybridized carbons (Fsp3) is 0.316. The van der Waals surface area contributed by atoms with Crippen LogP contribution in [0.2, 0.25) is 0 Å². The number of aryl methyl sites for hydroxylation is 2. The molecule has 146 valence electrons. The smallest absolute Gasteiger partial charge is 0.226 e. The van der Waals surface area contributed by atoms with Crippen molar-refractivity contribution in [2.75, 3.05) is 11.9 Å². The van der Waals surface area contributed by atoms with Gasteiger partial charge < -0.3 is 10.1 Å². The number of anilines is 1. The van der Waals surface area contributed by atoms with Crippen LogP contribution in [0.5, 0.6) is 5.75 Å². The SMILES string of the molecule is Cn1ncc2c1CCc1sc(NC(=O)CCCOc3ccc(F)cc3F)nc1-2. The topological polar surface area (TPSA) is 69.0 Å². The van der Waals surface area contributed by atoms with E-state index in [9.17, 15) is 13.6 Å². The number of aromatic nitrogens is 3. The molecule has 0 spiro atoms. The zero-order valence-electron chi connectivity index (χ0n) is 15.2. The number of fused-ring (bicyclic) bond motifs is 3. The molecule has 0 aliphatic heterocycles. The fourth-order valence-corrected chi connectivity index (χ4v) is 4.15. The molecule has 0 unspecified atom stereocenters. The van der Waals surface area contributed by atoms with Gasteiger partial charge >= 0.3 is 0 Å². The van der Waals surface area contributed by atoms with Crippen LogP contribution in [0.4, 0.5) is 13.9 Å². The highest BCUT2D eigenvalue weighted by atomic mass is 32.1. The van der Waals surface area contributed by atoms with Crippen LogP contribution < -0.4 is 10.1 Å². The molecule has 6 nitrogen and oxygen atoms in total. The molecule has 1 amide bonds. The Morgan fingerprint density at radius 1 is 1.36 bits per heavy atom. The summed E-state index contributed by atoms with van der Waals surface area (Å²) in [7, 11) is 1.92. The standard InChI is InChI=1S/C19H18F2N4O2S/c1-25-14-5-7-16-18(12(14)10-22-25)24-19(28-16)23-17(26)3-2-8-27-15-6-4-11(20)9-13(15)21/h4,6,9-10H,2-3,5,7-8H2,1H3,(H,23,24,26). The Bertz CT molecular complexity index is 1030. The van der Waals surface area contributed by atoms with Crippen molar-refractivity contribution >= 4 is 22.4 Å². The number of carbonyl (C=O) groups excluding carboxylic acids is 1. The number of ether oxygens (including phenoxy) is 1. The zero-order valence-corrected chi connectivity index (χ0v) is 16.0. The molecule has 1 N–H and O–H groups in total. The van der Waals surface area contributed by atoms with Gasteiger partial charge in [0.15, 0.2) is 16.7 Å². The van der Waals surface area contributed by atoms with E-state index >= 15 is 0 Å². The molecule has 1 aromatic carbocycles. The number of halogens is 2. The molecular weight excluding hydrogens is 386 g/mol. The molecule has 1 aliphatic rings. The largest absolute Gasteiger partial charge is 0.491 e. The summed E-state index contributed by atoms with van der Waals surface area (Å²) in [5, 5.41) is 7.67.